The van der Waals surface area contributed by atoms with Crippen LogP contribution in [0.4, 0.5) is 0 Å². The van der Waals surface area contributed by atoms with Gasteiger partial charge >= 0.3 is 0 Å². The van der Waals surface area contributed by atoms with Gasteiger partial charge in [0.25, 0.3) is 0 Å². The first-order valence-electron chi connectivity index (χ1n) is 9.99. The molecule has 0 aliphatic heterocycles. The molecule has 1 aliphatic rings. The highest BCUT2D eigenvalue weighted by molar-refractivity contribution is 5.77. The molecule has 0 radical (unpaired) electrons. The maximum atomic E-state index is 10.6. The number of rotatable bonds is 6. The highest BCUT2D eigenvalue weighted by Gasteiger charge is 2.10. The Hall–Kier alpha value is -2.38. The van der Waals surface area contributed by atoms with Gasteiger partial charge in [0.1, 0.15) is 0 Å². The predicted molar refractivity (Wildman–Crippen MR) is 116 cm³/mol. The summed E-state index contributed by atoms with van der Waals surface area (Å²) in [6, 6.07) is 17.0. The zero-order chi connectivity index (χ0) is 19.2. The SMILES string of the molecule is CC/C=C(\C)CC(O)c1cccc(-c2ccc(C3=CCC(C)C=C3)cc2)c1. The van der Waals surface area contributed by atoms with Gasteiger partial charge in [-0.25, -0.2) is 0 Å². The van der Waals surface area contributed by atoms with Crippen molar-refractivity contribution in [3.63, 3.8) is 0 Å². The van der Waals surface area contributed by atoms with E-state index in [-0.39, 0.29) is 0 Å². The Balaban J connectivity index is 1.77. The zero-order valence-corrected chi connectivity index (χ0v) is 16.7. The monoisotopic (exact) mass is 358 g/mol. The molecule has 0 saturated heterocycles. The van der Waals surface area contributed by atoms with Crippen LogP contribution in [0.1, 0.15) is 57.3 Å². The highest BCUT2D eigenvalue weighted by atomic mass is 16.3. The minimum atomic E-state index is -0.452. The fraction of sp³-hybridized carbons (Fsp3) is 0.308. The normalized spacial score (nSPS) is 18.3. The lowest BCUT2D eigenvalue weighted by atomic mass is 9.92. The molecule has 0 saturated carbocycles. The van der Waals surface area contributed by atoms with Gasteiger partial charge in [0.15, 0.2) is 0 Å². The van der Waals surface area contributed by atoms with Gasteiger partial charge in [-0.1, -0.05) is 86.2 Å². The molecule has 1 aliphatic carbocycles. The number of aliphatic hydroxyl groups is 1. The van der Waals surface area contributed by atoms with Gasteiger partial charge in [0, 0.05) is 0 Å². The average molecular weight is 359 g/mol. The standard InChI is InChI=1S/C26H30O/c1-4-6-20(3)17-26(27)25-8-5-7-24(18-25)23-15-13-22(14-16-23)21-11-9-19(2)10-12-21/h5-9,11-16,18-19,26-27H,4,10,17H2,1-3H3/b20-6+. The molecule has 2 atom stereocenters. The van der Waals surface area contributed by atoms with Crippen molar-refractivity contribution in [1.82, 2.24) is 0 Å². The molecule has 27 heavy (non-hydrogen) atoms. The summed E-state index contributed by atoms with van der Waals surface area (Å²) < 4.78 is 0. The van der Waals surface area contributed by atoms with Gasteiger partial charge < -0.3 is 5.11 Å². The van der Waals surface area contributed by atoms with Gasteiger partial charge in [0.2, 0.25) is 0 Å². The molecule has 1 nitrogen and oxygen atoms in total. The summed E-state index contributed by atoms with van der Waals surface area (Å²) in [7, 11) is 0. The number of allylic oxidation sites excluding steroid dienone is 5. The second-order valence-electron chi connectivity index (χ2n) is 7.61. The number of aliphatic hydroxyl groups excluding tert-OH is 1. The first-order valence-corrected chi connectivity index (χ1v) is 9.99. The van der Waals surface area contributed by atoms with Crippen LogP contribution >= 0.6 is 0 Å². The van der Waals surface area contributed by atoms with E-state index in [0.717, 1.165) is 24.0 Å². The van der Waals surface area contributed by atoms with E-state index in [4.69, 9.17) is 0 Å². The second-order valence-corrected chi connectivity index (χ2v) is 7.61. The Morgan fingerprint density at radius 1 is 1.11 bits per heavy atom. The second kappa shape index (κ2) is 9.01. The molecular weight excluding hydrogens is 328 g/mol. The first-order chi connectivity index (χ1) is 13.1. The van der Waals surface area contributed by atoms with Gasteiger partial charge in [0.05, 0.1) is 6.10 Å². The molecule has 0 bridgehead atoms. The van der Waals surface area contributed by atoms with Crippen LogP contribution in [-0.2, 0) is 0 Å². The lowest BCUT2D eigenvalue weighted by Crippen LogP contribution is -1.98. The van der Waals surface area contributed by atoms with E-state index in [2.05, 4.69) is 81.5 Å². The molecule has 0 aromatic heterocycles. The van der Waals surface area contributed by atoms with Crippen molar-refractivity contribution in [2.75, 3.05) is 0 Å². The minimum absolute atomic E-state index is 0.452. The molecule has 2 aromatic rings. The van der Waals surface area contributed by atoms with Gasteiger partial charge in [-0.2, -0.15) is 0 Å². The Bertz CT molecular complexity index is 852. The number of hydrogen-bond acceptors (Lipinski definition) is 1. The molecule has 0 spiro atoms. The first kappa shape index (κ1) is 19.4. The lowest BCUT2D eigenvalue weighted by molar-refractivity contribution is 0.178. The van der Waals surface area contributed by atoms with Crippen LogP contribution in [0.5, 0.6) is 0 Å². The smallest absolute Gasteiger partial charge is 0.0827 e. The van der Waals surface area contributed by atoms with Crippen molar-refractivity contribution < 1.29 is 5.11 Å². The van der Waals surface area contributed by atoms with Gasteiger partial charge in [-0.15, -0.1) is 0 Å². The largest absolute Gasteiger partial charge is 0.388 e. The van der Waals surface area contributed by atoms with E-state index in [1.54, 1.807) is 0 Å². The van der Waals surface area contributed by atoms with Crippen molar-refractivity contribution in [1.29, 1.82) is 0 Å². The van der Waals surface area contributed by atoms with Crippen molar-refractivity contribution in [2.24, 2.45) is 5.92 Å². The van der Waals surface area contributed by atoms with Crippen molar-refractivity contribution in [2.45, 2.75) is 46.1 Å². The maximum absolute atomic E-state index is 10.6. The third-order valence-electron chi connectivity index (χ3n) is 5.20. The number of hydrogen-bond donors (Lipinski definition) is 1. The quantitative estimate of drug-likeness (QED) is 0.545. The summed E-state index contributed by atoms with van der Waals surface area (Å²) in [6.45, 7) is 6.46. The molecule has 1 heteroatoms. The van der Waals surface area contributed by atoms with Crippen molar-refractivity contribution in [3.05, 3.63) is 89.5 Å². The highest BCUT2D eigenvalue weighted by Crippen LogP contribution is 2.29. The van der Waals surface area contributed by atoms with Crippen LogP contribution in [0.3, 0.4) is 0 Å². The summed E-state index contributed by atoms with van der Waals surface area (Å²) in [6.07, 6.45) is 11.4. The molecular formula is C26H30O. The number of benzene rings is 2. The van der Waals surface area contributed by atoms with Gasteiger partial charge in [-0.3, -0.25) is 0 Å². The Morgan fingerprint density at radius 2 is 1.85 bits per heavy atom. The molecule has 0 amide bonds. The zero-order valence-electron chi connectivity index (χ0n) is 16.7. The Kier molecular flexibility index (Phi) is 6.47. The summed E-state index contributed by atoms with van der Waals surface area (Å²) in [5.41, 5.74) is 7.12. The summed E-state index contributed by atoms with van der Waals surface area (Å²) in [5, 5.41) is 10.6. The summed E-state index contributed by atoms with van der Waals surface area (Å²) in [5.74, 6) is 0.637. The molecule has 0 heterocycles. The molecule has 140 valence electrons. The van der Waals surface area contributed by atoms with Crippen LogP contribution < -0.4 is 0 Å². The summed E-state index contributed by atoms with van der Waals surface area (Å²) in [4.78, 5) is 0. The van der Waals surface area contributed by atoms with E-state index in [9.17, 15) is 5.11 Å². The minimum Gasteiger partial charge on any atom is -0.388 e. The maximum Gasteiger partial charge on any atom is 0.0827 e. The summed E-state index contributed by atoms with van der Waals surface area (Å²) >= 11 is 0. The van der Waals surface area contributed by atoms with Crippen molar-refractivity contribution in [3.8, 4) is 11.1 Å². The average Bonchev–Trinajstić information content (AvgIpc) is 2.69. The topological polar surface area (TPSA) is 20.2 Å². The van der Waals surface area contributed by atoms with E-state index >= 15 is 0 Å². The van der Waals surface area contributed by atoms with E-state index in [1.807, 2.05) is 12.1 Å². The van der Waals surface area contributed by atoms with Crippen LogP contribution in [0.15, 0.2) is 78.4 Å². The Morgan fingerprint density at radius 3 is 2.52 bits per heavy atom. The molecule has 3 rings (SSSR count). The lowest BCUT2D eigenvalue weighted by Gasteiger charge is -2.14. The van der Waals surface area contributed by atoms with E-state index in [0.29, 0.717) is 12.3 Å². The van der Waals surface area contributed by atoms with Crippen LogP contribution in [0.2, 0.25) is 0 Å². The van der Waals surface area contributed by atoms with Crippen LogP contribution in [0, 0.1) is 5.92 Å². The third-order valence-corrected chi connectivity index (χ3v) is 5.20. The van der Waals surface area contributed by atoms with Crippen LogP contribution in [0.25, 0.3) is 16.7 Å². The van der Waals surface area contributed by atoms with E-state index in [1.165, 1.54) is 22.3 Å². The van der Waals surface area contributed by atoms with Crippen molar-refractivity contribution >= 4 is 5.57 Å². The van der Waals surface area contributed by atoms with Gasteiger partial charge in [-0.05, 0) is 66.0 Å². The molecule has 2 aromatic carbocycles. The predicted octanol–water partition coefficient (Wildman–Crippen LogP) is 7.11. The Labute approximate surface area is 163 Å². The fourth-order valence-corrected chi connectivity index (χ4v) is 3.58. The third kappa shape index (κ3) is 5.08. The fourth-order valence-electron chi connectivity index (χ4n) is 3.58. The van der Waals surface area contributed by atoms with Crippen LogP contribution in [-0.4, -0.2) is 5.11 Å². The molecule has 0 fully saturated rings. The van der Waals surface area contributed by atoms with E-state index < -0.39 is 6.10 Å². The molecule has 2 unspecified atom stereocenters. The molecule has 1 N–H and O–H groups in total.